The molecule has 30 heavy (non-hydrogen) atoms. The summed E-state index contributed by atoms with van der Waals surface area (Å²) in [5, 5.41) is 10.3. The minimum atomic E-state index is 0.545. The summed E-state index contributed by atoms with van der Waals surface area (Å²) >= 11 is 0. The molecule has 5 nitrogen and oxygen atoms in total. The van der Waals surface area contributed by atoms with Crippen LogP contribution in [0.2, 0.25) is 0 Å². The van der Waals surface area contributed by atoms with Gasteiger partial charge in [0.2, 0.25) is 0 Å². The second-order valence-corrected chi connectivity index (χ2v) is 7.50. The molecule has 0 atom stereocenters. The lowest BCUT2D eigenvalue weighted by atomic mass is 9.98. The van der Waals surface area contributed by atoms with Crippen LogP contribution in [0.25, 0.3) is 33.4 Å². The Morgan fingerprint density at radius 3 is 2.50 bits per heavy atom. The van der Waals surface area contributed by atoms with Gasteiger partial charge in [-0.1, -0.05) is 42.5 Å². The summed E-state index contributed by atoms with van der Waals surface area (Å²) in [5.41, 5.74) is 5.48. The molecule has 4 rings (SSSR count). The molecule has 4 aromatic rings. The zero-order valence-electron chi connectivity index (χ0n) is 17.2. The molecular formula is C25H24N4O. The summed E-state index contributed by atoms with van der Waals surface area (Å²) in [6, 6.07) is 22.4. The van der Waals surface area contributed by atoms with E-state index in [1.54, 1.807) is 6.20 Å². The third kappa shape index (κ3) is 4.19. The van der Waals surface area contributed by atoms with E-state index in [4.69, 9.17) is 4.74 Å². The fourth-order valence-electron chi connectivity index (χ4n) is 3.54. The molecule has 0 aliphatic carbocycles. The van der Waals surface area contributed by atoms with Gasteiger partial charge < -0.3 is 14.6 Å². The molecule has 2 aromatic heterocycles. The van der Waals surface area contributed by atoms with Crippen LogP contribution in [0.4, 0.5) is 0 Å². The SMILES string of the molecule is CN(C)CCCOc1ccc(-c2c(-c3ccccc3)[nH]c3ncc(C#N)cc23)cc1. The van der Waals surface area contributed by atoms with E-state index in [1.807, 2.05) is 36.4 Å². The van der Waals surface area contributed by atoms with Gasteiger partial charge in [0.25, 0.3) is 0 Å². The Balaban J connectivity index is 1.71. The quantitative estimate of drug-likeness (QED) is 0.442. The molecule has 0 unspecified atom stereocenters. The summed E-state index contributed by atoms with van der Waals surface area (Å²) < 4.78 is 5.88. The molecule has 0 bridgehead atoms. The van der Waals surface area contributed by atoms with Crippen molar-refractivity contribution in [1.29, 1.82) is 5.26 Å². The van der Waals surface area contributed by atoms with Crippen LogP contribution in [0.3, 0.4) is 0 Å². The Bertz CT molecular complexity index is 1170. The van der Waals surface area contributed by atoms with Gasteiger partial charge in [0.15, 0.2) is 0 Å². The van der Waals surface area contributed by atoms with Crippen molar-refractivity contribution in [2.24, 2.45) is 0 Å². The standard InChI is InChI=1S/C25H24N4O/c1-29(2)13-6-14-30-21-11-9-19(10-12-21)23-22-15-18(16-26)17-27-25(22)28-24(23)20-7-4-3-5-8-20/h3-5,7-12,15,17H,6,13-14H2,1-2H3,(H,27,28). The Morgan fingerprint density at radius 2 is 1.80 bits per heavy atom. The number of nitrogens with one attached hydrogen (secondary N) is 1. The highest BCUT2D eigenvalue weighted by Crippen LogP contribution is 2.38. The van der Waals surface area contributed by atoms with Gasteiger partial charge >= 0.3 is 0 Å². The van der Waals surface area contributed by atoms with Crippen LogP contribution in [-0.2, 0) is 0 Å². The molecule has 0 fully saturated rings. The van der Waals surface area contributed by atoms with Crippen LogP contribution >= 0.6 is 0 Å². The van der Waals surface area contributed by atoms with E-state index in [2.05, 4.69) is 59.3 Å². The first-order valence-electron chi connectivity index (χ1n) is 10.0. The number of nitrogens with zero attached hydrogens (tertiary/aromatic N) is 3. The van der Waals surface area contributed by atoms with Gasteiger partial charge in [0.1, 0.15) is 17.5 Å². The van der Waals surface area contributed by atoms with Crippen molar-refractivity contribution in [3.63, 3.8) is 0 Å². The Morgan fingerprint density at radius 1 is 1.03 bits per heavy atom. The van der Waals surface area contributed by atoms with E-state index in [1.165, 1.54) is 0 Å². The fraction of sp³-hybridized carbons (Fsp3) is 0.200. The maximum absolute atomic E-state index is 9.34. The predicted octanol–water partition coefficient (Wildman–Crippen LogP) is 5.10. The van der Waals surface area contributed by atoms with Crippen molar-refractivity contribution >= 4 is 11.0 Å². The van der Waals surface area contributed by atoms with Crippen LogP contribution in [0.15, 0.2) is 66.9 Å². The van der Waals surface area contributed by atoms with Gasteiger partial charge in [-0.15, -0.1) is 0 Å². The second kappa shape index (κ2) is 8.81. The summed E-state index contributed by atoms with van der Waals surface area (Å²) in [7, 11) is 4.12. The van der Waals surface area contributed by atoms with E-state index < -0.39 is 0 Å². The number of ether oxygens (including phenoxy) is 1. The van der Waals surface area contributed by atoms with Crippen LogP contribution in [-0.4, -0.2) is 42.1 Å². The summed E-state index contributed by atoms with van der Waals surface area (Å²) in [6.45, 7) is 1.69. The van der Waals surface area contributed by atoms with Gasteiger partial charge in [-0.25, -0.2) is 4.98 Å². The largest absolute Gasteiger partial charge is 0.494 e. The third-order valence-electron chi connectivity index (χ3n) is 5.00. The van der Waals surface area contributed by atoms with Gasteiger partial charge in [-0.2, -0.15) is 5.26 Å². The van der Waals surface area contributed by atoms with Crippen molar-refractivity contribution in [3.8, 4) is 34.2 Å². The van der Waals surface area contributed by atoms with E-state index in [9.17, 15) is 5.26 Å². The predicted molar refractivity (Wildman–Crippen MR) is 120 cm³/mol. The Labute approximate surface area is 176 Å². The first-order valence-corrected chi connectivity index (χ1v) is 10.0. The van der Waals surface area contributed by atoms with Crippen LogP contribution in [0.5, 0.6) is 5.75 Å². The highest BCUT2D eigenvalue weighted by atomic mass is 16.5. The molecule has 0 radical (unpaired) electrons. The molecule has 0 amide bonds. The van der Waals surface area contributed by atoms with Gasteiger partial charge in [-0.05, 0) is 49.8 Å². The number of aromatic nitrogens is 2. The van der Waals surface area contributed by atoms with E-state index in [0.717, 1.165) is 52.1 Å². The molecule has 0 saturated carbocycles. The molecule has 0 spiro atoms. The number of benzene rings is 2. The van der Waals surface area contributed by atoms with Crippen molar-refractivity contribution < 1.29 is 4.74 Å². The second-order valence-electron chi connectivity index (χ2n) is 7.50. The smallest absolute Gasteiger partial charge is 0.138 e. The highest BCUT2D eigenvalue weighted by molar-refractivity contribution is 6.02. The molecular weight excluding hydrogens is 372 g/mol. The maximum Gasteiger partial charge on any atom is 0.138 e. The first kappa shape index (κ1) is 19.7. The molecule has 1 N–H and O–H groups in total. The van der Waals surface area contributed by atoms with Crippen LogP contribution < -0.4 is 4.74 Å². The monoisotopic (exact) mass is 396 g/mol. The number of rotatable bonds is 7. The number of aromatic amines is 1. The lowest BCUT2D eigenvalue weighted by Gasteiger charge is -2.11. The van der Waals surface area contributed by atoms with E-state index in [-0.39, 0.29) is 0 Å². The van der Waals surface area contributed by atoms with Crippen LogP contribution in [0.1, 0.15) is 12.0 Å². The minimum absolute atomic E-state index is 0.545. The normalized spacial score (nSPS) is 11.0. The Kier molecular flexibility index (Phi) is 5.78. The number of hydrogen-bond donors (Lipinski definition) is 1. The zero-order valence-corrected chi connectivity index (χ0v) is 17.2. The topological polar surface area (TPSA) is 64.9 Å². The molecule has 0 saturated heterocycles. The molecule has 5 heteroatoms. The van der Waals surface area contributed by atoms with Crippen molar-refractivity contribution in [3.05, 3.63) is 72.4 Å². The first-order chi connectivity index (χ1) is 14.7. The lowest BCUT2D eigenvalue weighted by molar-refractivity contribution is 0.281. The lowest BCUT2D eigenvalue weighted by Crippen LogP contribution is -2.15. The number of nitriles is 1. The zero-order chi connectivity index (χ0) is 20.9. The van der Waals surface area contributed by atoms with Gasteiger partial charge in [0.05, 0.1) is 17.9 Å². The number of H-pyrrole nitrogens is 1. The molecule has 2 aromatic carbocycles. The van der Waals surface area contributed by atoms with Gasteiger partial charge in [-0.3, -0.25) is 0 Å². The van der Waals surface area contributed by atoms with Crippen molar-refractivity contribution in [1.82, 2.24) is 14.9 Å². The fourth-order valence-corrected chi connectivity index (χ4v) is 3.54. The molecule has 2 heterocycles. The summed E-state index contributed by atoms with van der Waals surface area (Å²) in [5.74, 6) is 0.856. The number of pyridine rings is 1. The van der Waals surface area contributed by atoms with Crippen LogP contribution in [0, 0.1) is 11.3 Å². The highest BCUT2D eigenvalue weighted by Gasteiger charge is 2.16. The average molecular weight is 396 g/mol. The third-order valence-corrected chi connectivity index (χ3v) is 5.00. The molecule has 0 aliphatic rings. The van der Waals surface area contributed by atoms with E-state index >= 15 is 0 Å². The maximum atomic E-state index is 9.34. The Hall–Kier alpha value is -3.62. The summed E-state index contributed by atoms with van der Waals surface area (Å²) in [6.07, 6.45) is 2.58. The van der Waals surface area contributed by atoms with Crippen molar-refractivity contribution in [2.45, 2.75) is 6.42 Å². The summed E-state index contributed by atoms with van der Waals surface area (Å²) in [4.78, 5) is 10.1. The van der Waals surface area contributed by atoms with Gasteiger partial charge in [0, 0.05) is 23.7 Å². The molecule has 150 valence electrons. The minimum Gasteiger partial charge on any atom is -0.494 e. The van der Waals surface area contributed by atoms with E-state index in [0.29, 0.717) is 12.2 Å². The average Bonchev–Trinajstić information content (AvgIpc) is 3.16. The number of fused-ring (bicyclic) bond motifs is 1. The molecule has 0 aliphatic heterocycles. The number of hydrogen-bond acceptors (Lipinski definition) is 4. The van der Waals surface area contributed by atoms with Crippen molar-refractivity contribution in [2.75, 3.05) is 27.2 Å².